The Labute approximate surface area is 142 Å². The predicted molar refractivity (Wildman–Crippen MR) is 90.3 cm³/mol. The molecule has 1 unspecified atom stereocenters. The van der Waals surface area contributed by atoms with Crippen LogP contribution in [-0.4, -0.2) is 38.3 Å². The summed E-state index contributed by atoms with van der Waals surface area (Å²) in [5.74, 6) is 0.879. The number of morpholine rings is 1. The van der Waals surface area contributed by atoms with E-state index in [-0.39, 0.29) is 18.3 Å². The number of hydrogen-bond donors (Lipinski definition) is 2. The van der Waals surface area contributed by atoms with Crippen molar-refractivity contribution in [3.05, 3.63) is 23.2 Å². The molecule has 0 saturated carbocycles. The van der Waals surface area contributed by atoms with Crippen molar-refractivity contribution in [3.8, 4) is 5.75 Å². The smallest absolute Gasteiger partial charge is 0.254 e. The molecular weight excluding hydrogens is 327 g/mol. The van der Waals surface area contributed by atoms with Crippen LogP contribution in [0.2, 0.25) is 5.02 Å². The van der Waals surface area contributed by atoms with Crippen molar-refractivity contribution < 1.29 is 14.3 Å². The van der Waals surface area contributed by atoms with Crippen molar-refractivity contribution in [3.63, 3.8) is 0 Å². The summed E-state index contributed by atoms with van der Waals surface area (Å²) in [6.45, 7) is 6.59. The molecule has 7 heteroatoms. The third-order valence-corrected chi connectivity index (χ3v) is 3.29. The highest BCUT2D eigenvalue weighted by molar-refractivity contribution is 6.32. The molecule has 1 fully saturated rings. The van der Waals surface area contributed by atoms with Gasteiger partial charge in [-0.05, 0) is 24.1 Å². The Morgan fingerprint density at radius 3 is 2.91 bits per heavy atom. The lowest BCUT2D eigenvalue weighted by Crippen LogP contribution is -2.45. The van der Waals surface area contributed by atoms with Gasteiger partial charge in [-0.15, -0.1) is 12.4 Å². The van der Waals surface area contributed by atoms with E-state index in [2.05, 4.69) is 24.5 Å². The molecular formula is C15H22Cl2N2O3. The summed E-state index contributed by atoms with van der Waals surface area (Å²) < 4.78 is 11.0. The van der Waals surface area contributed by atoms with E-state index in [1.165, 1.54) is 0 Å². The Hall–Kier alpha value is -1.01. The van der Waals surface area contributed by atoms with Gasteiger partial charge in [0.05, 0.1) is 18.2 Å². The third kappa shape index (κ3) is 5.65. The van der Waals surface area contributed by atoms with E-state index < -0.39 is 6.10 Å². The zero-order valence-electron chi connectivity index (χ0n) is 12.7. The van der Waals surface area contributed by atoms with Crippen LogP contribution in [0.25, 0.3) is 0 Å². The van der Waals surface area contributed by atoms with Crippen molar-refractivity contribution >= 4 is 35.6 Å². The van der Waals surface area contributed by atoms with Gasteiger partial charge in [0.25, 0.3) is 5.91 Å². The average Bonchev–Trinajstić information content (AvgIpc) is 2.47. The molecule has 0 radical (unpaired) electrons. The second-order valence-electron chi connectivity index (χ2n) is 5.40. The van der Waals surface area contributed by atoms with Crippen LogP contribution in [0.4, 0.5) is 5.69 Å². The minimum Gasteiger partial charge on any atom is -0.492 e. The van der Waals surface area contributed by atoms with Gasteiger partial charge in [-0.25, -0.2) is 0 Å². The fraction of sp³-hybridized carbons (Fsp3) is 0.533. The van der Waals surface area contributed by atoms with Gasteiger partial charge in [0.2, 0.25) is 0 Å². The number of halogens is 2. The molecule has 2 N–H and O–H groups in total. The third-order valence-electron chi connectivity index (χ3n) is 2.99. The van der Waals surface area contributed by atoms with Crippen LogP contribution in [-0.2, 0) is 9.53 Å². The fourth-order valence-electron chi connectivity index (χ4n) is 1.91. The molecule has 1 aliphatic rings. The van der Waals surface area contributed by atoms with E-state index in [1.54, 1.807) is 18.2 Å². The Kier molecular flexibility index (Phi) is 7.96. The van der Waals surface area contributed by atoms with Crippen molar-refractivity contribution in [2.45, 2.75) is 20.0 Å². The maximum atomic E-state index is 12.0. The summed E-state index contributed by atoms with van der Waals surface area (Å²) in [5.41, 5.74) is 0.635. The number of carbonyl (C=O) groups excluding carboxylic acids is 1. The Morgan fingerprint density at radius 1 is 1.55 bits per heavy atom. The highest BCUT2D eigenvalue weighted by Gasteiger charge is 2.21. The second-order valence-corrected chi connectivity index (χ2v) is 5.81. The number of rotatable bonds is 5. The maximum absolute atomic E-state index is 12.0. The van der Waals surface area contributed by atoms with Crippen LogP contribution in [0.1, 0.15) is 13.8 Å². The SMILES string of the molecule is CC(C)COc1ccc(NC(=O)C2CNCCO2)cc1Cl.Cl. The quantitative estimate of drug-likeness (QED) is 0.858. The summed E-state index contributed by atoms with van der Waals surface area (Å²) in [6, 6.07) is 5.22. The largest absolute Gasteiger partial charge is 0.492 e. The molecule has 0 aliphatic carbocycles. The van der Waals surface area contributed by atoms with Crippen molar-refractivity contribution in [1.29, 1.82) is 0 Å². The summed E-state index contributed by atoms with van der Waals surface area (Å²) >= 11 is 6.16. The number of anilines is 1. The highest BCUT2D eigenvalue weighted by Crippen LogP contribution is 2.28. The molecule has 1 aromatic carbocycles. The topological polar surface area (TPSA) is 59.6 Å². The van der Waals surface area contributed by atoms with Gasteiger partial charge in [-0.1, -0.05) is 25.4 Å². The number of ether oxygens (including phenoxy) is 2. The Morgan fingerprint density at radius 2 is 2.32 bits per heavy atom. The van der Waals surface area contributed by atoms with E-state index >= 15 is 0 Å². The second kappa shape index (κ2) is 9.20. The Bertz CT molecular complexity index is 492. The molecule has 124 valence electrons. The van der Waals surface area contributed by atoms with Crippen molar-refractivity contribution in [2.75, 3.05) is 31.6 Å². The zero-order chi connectivity index (χ0) is 15.2. The highest BCUT2D eigenvalue weighted by atomic mass is 35.5. The molecule has 0 bridgehead atoms. The van der Waals surface area contributed by atoms with Crippen LogP contribution in [0.15, 0.2) is 18.2 Å². The lowest BCUT2D eigenvalue weighted by Gasteiger charge is -2.22. The molecule has 2 rings (SSSR count). The van der Waals surface area contributed by atoms with Crippen LogP contribution in [0.3, 0.4) is 0 Å². The fourth-order valence-corrected chi connectivity index (χ4v) is 2.14. The summed E-state index contributed by atoms with van der Waals surface area (Å²) in [4.78, 5) is 12.0. The molecule has 1 atom stereocenters. The number of nitrogens with one attached hydrogen (secondary N) is 2. The maximum Gasteiger partial charge on any atom is 0.254 e. The molecule has 0 aromatic heterocycles. The number of benzene rings is 1. The molecule has 22 heavy (non-hydrogen) atoms. The monoisotopic (exact) mass is 348 g/mol. The van der Waals surface area contributed by atoms with Gasteiger partial charge in [0.1, 0.15) is 11.9 Å². The predicted octanol–water partition coefficient (Wildman–Crippen LogP) is 2.72. The molecule has 1 aliphatic heterocycles. The first-order valence-corrected chi connectivity index (χ1v) is 7.49. The molecule has 1 amide bonds. The lowest BCUT2D eigenvalue weighted by atomic mass is 10.2. The summed E-state index contributed by atoms with van der Waals surface area (Å²) in [6.07, 6.45) is -0.464. The number of amides is 1. The molecule has 0 spiro atoms. The zero-order valence-corrected chi connectivity index (χ0v) is 14.3. The van der Waals surface area contributed by atoms with Gasteiger partial charge in [-0.2, -0.15) is 0 Å². The minimum atomic E-state index is -0.464. The van der Waals surface area contributed by atoms with E-state index in [9.17, 15) is 4.79 Å². The normalized spacial score (nSPS) is 17.7. The summed E-state index contributed by atoms with van der Waals surface area (Å²) in [5, 5.41) is 6.40. The molecule has 5 nitrogen and oxygen atoms in total. The van der Waals surface area contributed by atoms with Crippen molar-refractivity contribution in [2.24, 2.45) is 5.92 Å². The van der Waals surface area contributed by atoms with Crippen LogP contribution >= 0.6 is 24.0 Å². The lowest BCUT2D eigenvalue weighted by molar-refractivity contribution is -0.128. The molecule has 1 aromatic rings. The van der Waals surface area contributed by atoms with Crippen molar-refractivity contribution in [1.82, 2.24) is 5.32 Å². The van der Waals surface area contributed by atoms with Gasteiger partial charge < -0.3 is 20.1 Å². The number of hydrogen-bond acceptors (Lipinski definition) is 4. The minimum absolute atomic E-state index is 0. The molecule has 1 heterocycles. The van der Waals surface area contributed by atoms with E-state index in [0.29, 0.717) is 42.1 Å². The van der Waals surface area contributed by atoms with Crippen LogP contribution in [0.5, 0.6) is 5.75 Å². The first-order valence-electron chi connectivity index (χ1n) is 7.12. The standard InChI is InChI=1S/C15H21ClN2O3.ClH/c1-10(2)9-21-13-4-3-11(7-12(13)16)18-15(19)14-8-17-5-6-20-14;/h3-4,7,10,14,17H,5-6,8-9H2,1-2H3,(H,18,19);1H. The van der Waals surface area contributed by atoms with Gasteiger partial charge >= 0.3 is 0 Å². The van der Waals surface area contributed by atoms with Crippen LogP contribution < -0.4 is 15.4 Å². The first kappa shape index (κ1) is 19.0. The van der Waals surface area contributed by atoms with E-state index in [1.807, 2.05) is 0 Å². The van der Waals surface area contributed by atoms with Gasteiger partial charge in [0, 0.05) is 18.8 Å². The van der Waals surface area contributed by atoms with Gasteiger partial charge in [0.15, 0.2) is 0 Å². The summed E-state index contributed by atoms with van der Waals surface area (Å²) in [7, 11) is 0. The van der Waals surface area contributed by atoms with Gasteiger partial charge in [-0.3, -0.25) is 4.79 Å². The van der Waals surface area contributed by atoms with E-state index in [0.717, 1.165) is 6.54 Å². The Balaban J connectivity index is 0.00000242. The number of carbonyl (C=O) groups is 1. The van der Waals surface area contributed by atoms with E-state index in [4.69, 9.17) is 21.1 Å². The van der Waals surface area contributed by atoms with Crippen LogP contribution in [0, 0.1) is 5.92 Å². The first-order chi connectivity index (χ1) is 10.1. The average molecular weight is 349 g/mol. The molecule has 1 saturated heterocycles.